The lowest BCUT2D eigenvalue weighted by atomic mass is 10.0. The summed E-state index contributed by atoms with van der Waals surface area (Å²) in [4.78, 5) is 11.5. The third-order valence-corrected chi connectivity index (χ3v) is 2.19. The van der Waals surface area contributed by atoms with Crippen molar-refractivity contribution in [2.45, 2.75) is 19.0 Å². The largest absolute Gasteiger partial charge is 0.497 e. The Kier molecular flexibility index (Phi) is 3.98. The minimum Gasteiger partial charge on any atom is -0.497 e. The first-order valence-electron chi connectivity index (χ1n) is 4.87. The van der Waals surface area contributed by atoms with E-state index < -0.39 is 24.8 Å². The van der Waals surface area contributed by atoms with Crippen LogP contribution in [0.4, 0.5) is 18.9 Å². The predicted octanol–water partition coefficient (Wildman–Crippen LogP) is 2.80. The van der Waals surface area contributed by atoms with Gasteiger partial charge in [0.05, 0.1) is 13.5 Å². The first-order chi connectivity index (χ1) is 7.83. The summed E-state index contributed by atoms with van der Waals surface area (Å²) < 4.78 is 40.7. The standard InChI is InChI=1S/C11H12F3NO2/c1-17-7-2-3-8(9(15)6-7)10(16)4-5-11(12,13)14/h2-3,6H,4-5,15H2,1H3. The van der Waals surface area contributed by atoms with Gasteiger partial charge in [-0.1, -0.05) is 0 Å². The minimum atomic E-state index is -4.34. The van der Waals surface area contributed by atoms with E-state index in [4.69, 9.17) is 10.5 Å². The molecular weight excluding hydrogens is 235 g/mol. The number of halogens is 3. The number of carbonyl (C=O) groups excluding carboxylic acids is 1. The second-order valence-electron chi connectivity index (χ2n) is 3.49. The van der Waals surface area contributed by atoms with Crippen LogP contribution in [0.3, 0.4) is 0 Å². The van der Waals surface area contributed by atoms with Gasteiger partial charge in [0.2, 0.25) is 0 Å². The van der Waals surface area contributed by atoms with E-state index in [-0.39, 0.29) is 11.3 Å². The van der Waals surface area contributed by atoms with Crippen LogP contribution in [0.2, 0.25) is 0 Å². The van der Waals surface area contributed by atoms with Gasteiger partial charge >= 0.3 is 6.18 Å². The number of methoxy groups -OCH3 is 1. The number of anilines is 1. The van der Waals surface area contributed by atoms with Crippen molar-refractivity contribution in [2.75, 3.05) is 12.8 Å². The molecule has 0 saturated carbocycles. The number of alkyl halides is 3. The highest BCUT2D eigenvalue weighted by atomic mass is 19.4. The van der Waals surface area contributed by atoms with E-state index in [1.165, 1.54) is 25.3 Å². The molecular formula is C11H12F3NO2. The van der Waals surface area contributed by atoms with E-state index in [1.54, 1.807) is 0 Å². The fourth-order valence-electron chi connectivity index (χ4n) is 1.31. The highest BCUT2D eigenvalue weighted by molar-refractivity contribution is 6.00. The number of ketones is 1. The molecule has 0 saturated heterocycles. The Morgan fingerprint density at radius 3 is 2.53 bits per heavy atom. The molecule has 0 amide bonds. The van der Waals surface area contributed by atoms with E-state index in [1.807, 2.05) is 0 Å². The highest BCUT2D eigenvalue weighted by Gasteiger charge is 2.28. The molecule has 94 valence electrons. The van der Waals surface area contributed by atoms with Crippen molar-refractivity contribution in [2.24, 2.45) is 0 Å². The monoisotopic (exact) mass is 247 g/mol. The quantitative estimate of drug-likeness (QED) is 0.657. The molecule has 0 aliphatic heterocycles. The summed E-state index contributed by atoms with van der Waals surface area (Å²) in [6.07, 6.45) is -6.08. The second-order valence-corrected chi connectivity index (χ2v) is 3.49. The lowest BCUT2D eigenvalue weighted by molar-refractivity contribution is -0.133. The summed E-state index contributed by atoms with van der Waals surface area (Å²) in [7, 11) is 1.43. The zero-order valence-corrected chi connectivity index (χ0v) is 9.17. The predicted molar refractivity (Wildman–Crippen MR) is 57.0 cm³/mol. The van der Waals surface area contributed by atoms with Gasteiger partial charge in [0.25, 0.3) is 0 Å². The number of ether oxygens (including phenoxy) is 1. The highest BCUT2D eigenvalue weighted by Crippen LogP contribution is 2.25. The molecule has 6 heteroatoms. The molecule has 3 nitrogen and oxygen atoms in total. The molecule has 0 aliphatic rings. The number of rotatable bonds is 4. The van der Waals surface area contributed by atoms with E-state index in [0.29, 0.717) is 5.75 Å². The summed E-state index contributed by atoms with van der Waals surface area (Å²) >= 11 is 0. The third-order valence-electron chi connectivity index (χ3n) is 2.19. The molecule has 0 unspecified atom stereocenters. The van der Waals surface area contributed by atoms with Gasteiger partial charge in [-0.25, -0.2) is 0 Å². The number of nitrogen functional groups attached to an aromatic ring is 1. The second kappa shape index (κ2) is 5.07. The number of nitrogens with two attached hydrogens (primary N) is 1. The Hall–Kier alpha value is -1.72. The van der Waals surface area contributed by atoms with Gasteiger partial charge in [-0.3, -0.25) is 4.79 Å². The maximum atomic E-state index is 11.9. The fourth-order valence-corrected chi connectivity index (χ4v) is 1.31. The molecule has 2 N–H and O–H groups in total. The van der Waals surface area contributed by atoms with Crippen LogP contribution in [0.15, 0.2) is 18.2 Å². The molecule has 1 aromatic rings. The molecule has 0 atom stereocenters. The molecule has 1 aromatic carbocycles. The minimum absolute atomic E-state index is 0.0926. The lowest BCUT2D eigenvalue weighted by Crippen LogP contribution is -2.12. The van der Waals surface area contributed by atoms with Crippen LogP contribution in [0.1, 0.15) is 23.2 Å². The summed E-state index contributed by atoms with van der Waals surface area (Å²) in [5.74, 6) is -0.169. The molecule has 0 heterocycles. The Bertz CT molecular complexity index is 416. The van der Waals surface area contributed by atoms with Crippen molar-refractivity contribution in [3.8, 4) is 5.75 Å². The first kappa shape index (κ1) is 13.3. The molecule has 0 fully saturated rings. The smallest absolute Gasteiger partial charge is 0.389 e. The topological polar surface area (TPSA) is 52.3 Å². The zero-order chi connectivity index (χ0) is 13.1. The number of hydrogen-bond donors (Lipinski definition) is 1. The van der Waals surface area contributed by atoms with E-state index in [2.05, 4.69) is 0 Å². The number of hydrogen-bond acceptors (Lipinski definition) is 3. The molecule has 0 aromatic heterocycles. The fraction of sp³-hybridized carbons (Fsp3) is 0.364. The van der Waals surface area contributed by atoms with Gasteiger partial charge in [0.15, 0.2) is 5.78 Å². The van der Waals surface area contributed by atoms with E-state index >= 15 is 0 Å². The van der Waals surface area contributed by atoms with Crippen molar-refractivity contribution < 1.29 is 22.7 Å². The molecule has 0 spiro atoms. The van der Waals surface area contributed by atoms with E-state index in [9.17, 15) is 18.0 Å². The van der Waals surface area contributed by atoms with Crippen molar-refractivity contribution in [3.63, 3.8) is 0 Å². The number of Topliss-reactive ketones (excluding diaryl/α,β-unsaturated/α-hetero) is 1. The molecule has 17 heavy (non-hydrogen) atoms. The Morgan fingerprint density at radius 2 is 2.06 bits per heavy atom. The van der Waals surface area contributed by atoms with Crippen molar-refractivity contribution in [1.29, 1.82) is 0 Å². The number of benzene rings is 1. The van der Waals surface area contributed by atoms with Crippen molar-refractivity contribution in [1.82, 2.24) is 0 Å². The maximum Gasteiger partial charge on any atom is 0.389 e. The number of carbonyl (C=O) groups is 1. The van der Waals surface area contributed by atoms with E-state index in [0.717, 1.165) is 0 Å². The van der Waals surface area contributed by atoms with Crippen LogP contribution in [0, 0.1) is 0 Å². The third kappa shape index (κ3) is 3.97. The SMILES string of the molecule is COc1ccc(C(=O)CCC(F)(F)F)c(N)c1. The summed E-state index contributed by atoms with van der Waals surface area (Å²) in [5, 5.41) is 0. The summed E-state index contributed by atoms with van der Waals surface area (Å²) in [6, 6.07) is 4.25. The van der Waals surface area contributed by atoms with Crippen LogP contribution in [0.25, 0.3) is 0 Å². The van der Waals surface area contributed by atoms with Gasteiger partial charge in [0.1, 0.15) is 5.75 Å². The molecule has 1 rings (SSSR count). The van der Waals surface area contributed by atoms with Gasteiger partial charge in [0, 0.05) is 23.7 Å². The Morgan fingerprint density at radius 1 is 1.41 bits per heavy atom. The average Bonchev–Trinajstić information content (AvgIpc) is 2.24. The van der Waals surface area contributed by atoms with Gasteiger partial charge in [-0.05, 0) is 12.1 Å². The van der Waals surface area contributed by atoms with Gasteiger partial charge in [-0.15, -0.1) is 0 Å². The van der Waals surface area contributed by atoms with Crippen LogP contribution in [-0.4, -0.2) is 19.1 Å². The van der Waals surface area contributed by atoms with Crippen LogP contribution in [-0.2, 0) is 0 Å². The van der Waals surface area contributed by atoms with Crippen molar-refractivity contribution >= 4 is 11.5 Å². The van der Waals surface area contributed by atoms with Crippen molar-refractivity contribution in [3.05, 3.63) is 23.8 Å². The van der Waals surface area contributed by atoms with Crippen LogP contribution >= 0.6 is 0 Å². The molecule has 0 aliphatic carbocycles. The first-order valence-corrected chi connectivity index (χ1v) is 4.87. The lowest BCUT2D eigenvalue weighted by Gasteiger charge is -2.08. The van der Waals surface area contributed by atoms with Gasteiger partial charge in [-0.2, -0.15) is 13.2 Å². The normalized spacial score (nSPS) is 11.3. The molecule has 0 radical (unpaired) electrons. The average molecular weight is 247 g/mol. The summed E-state index contributed by atoms with van der Waals surface area (Å²) in [6.45, 7) is 0. The van der Waals surface area contributed by atoms with Gasteiger partial charge < -0.3 is 10.5 Å². The zero-order valence-electron chi connectivity index (χ0n) is 9.17. The Labute approximate surface area is 96.4 Å². The van der Waals surface area contributed by atoms with Crippen LogP contribution < -0.4 is 10.5 Å². The summed E-state index contributed by atoms with van der Waals surface area (Å²) in [5.41, 5.74) is 5.77. The molecule has 0 bridgehead atoms. The van der Waals surface area contributed by atoms with Crippen LogP contribution in [0.5, 0.6) is 5.75 Å². The maximum absolute atomic E-state index is 11.9. The Balaban J connectivity index is 2.76.